The number of hydrogen-bond acceptors (Lipinski definition) is 3. The Balaban J connectivity index is 1.99. The van der Waals surface area contributed by atoms with Gasteiger partial charge >= 0.3 is 0 Å². The lowest BCUT2D eigenvalue weighted by molar-refractivity contribution is 0.122. The Morgan fingerprint density at radius 3 is 2.33 bits per heavy atom. The molecule has 1 aromatic carbocycles. The molecular weight excluding hydrogens is 316 g/mol. The smallest absolute Gasteiger partial charge is 0.192 e. The Labute approximate surface area is 147 Å². The van der Waals surface area contributed by atoms with Crippen molar-refractivity contribution in [2.75, 3.05) is 6.61 Å². The van der Waals surface area contributed by atoms with Crippen LogP contribution in [0.5, 0.6) is 0 Å². The summed E-state index contributed by atoms with van der Waals surface area (Å²) in [5.74, 6) is 6.08. The third-order valence-electron chi connectivity index (χ3n) is 5.24. The van der Waals surface area contributed by atoms with Crippen LogP contribution in [0.3, 0.4) is 0 Å². The van der Waals surface area contributed by atoms with Crippen molar-refractivity contribution in [1.29, 1.82) is 0 Å². The van der Waals surface area contributed by atoms with Crippen LogP contribution in [0.25, 0.3) is 0 Å². The topological polar surface area (TPSA) is 42.0 Å². The molecule has 0 aliphatic carbocycles. The van der Waals surface area contributed by atoms with Crippen LogP contribution in [-0.2, 0) is 14.8 Å². The highest BCUT2D eigenvalue weighted by Crippen LogP contribution is 2.40. The summed E-state index contributed by atoms with van der Waals surface area (Å²) in [6.45, 7) is 15.4. The molecule has 0 radical (unpaired) electrons. The van der Waals surface area contributed by atoms with Crippen LogP contribution in [-0.4, -0.2) is 31.7 Å². The number of benzene rings is 1. The van der Waals surface area contributed by atoms with E-state index in [-0.39, 0.29) is 11.1 Å². The Hall–Kier alpha value is -1.12. The summed E-state index contributed by atoms with van der Waals surface area (Å²) in [6.07, 6.45) is -0.0225. The predicted molar refractivity (Wildman–Crippen MR) is 100 cm³/mol. The number of rotatable bonds is 4. The molecule has 1 saturated heterocycles. The van der Waals surface area contributed by atoms with E-state index in [1.807, 2.05) is 37.3 Å². The summed E-state index contributed by atoms with van der Waals surface area (Å²) >= 11 is 0. The van der Waals surface area contributed by atoms with Crippen LogP contribution >= 0.6 is 0 Å². The second kappa shape index (κ2) is 6.31. The van der Waals surface area contributed by atoms with Crippen LogP contribution in [0.4, 0.5) is 0 Å². The first-order valence-corrected chi connectivity index (χ1v) is 11.4. The zero-order valence-electron chi connectivity index (χ0n) is 15.9. The van der Waals surface area contributed by atoms with Crippen LogP contribution < -0.4 is 0 Å². The number of aliphatic hydroxyl groups is 1. The molecule has 0 saturated carbocycles. The van der Waals surface area contributed by atoms with E-state index in [2.05, 4.69) is 45.7 Å². The van der Waals surface area contributed by atoms with Gasteiger partial charge in [0.15, 0.2) is 13.9 Å². The van der Waals surface area contributed by atoms with Gasteiger partial charge in [0.25, 0.3) is 0 Å². The lowest BCUT2D eigenvalue weighted by Gasteiger charge is -2.36. The fraction of sp³-hybridized carbons (Fsp3) is 0.600. The third-order valence-corrected chi connectivity index (χ3v) is 9.74. The lowest BCUT2D eigenvalue weighted by atomic mass is 9.95. The molecule has 0 spiro atoms. The van der Waals surface area contributed by atoms with Gasteiger partial charge in [-0.1, -0.05) is 62.9 Å². The van der Waals surface area contributed by atoms with Crippen molar-refractivity contribution in [3.8, 4) is 11.8 Å². The molecule has 0 aromatic heterocycles. The molecule has 1 aliphatic heterocycles. The summed E-state index contributed by atoms with van der Waals surface area (Å²) < 4.78 is 12.0. The standard InChI is InChI=1S/C20H30O3Si/c1-18(2,3)24(6,7)22-15-17-20(5,23-17)14-13-19(4,21)16-11-9-8-10-12-16/h8-12,17,21H,15H2,1-7H3/t17-,19?,20+/m1/s1. The van der Waals surface area contributed by atoms with E-state index in [0.29, 0.717) is 6.61 Å². The van der Waals surface area contributed by atoms with E-state index in [0.717, 1.165) is 5.56 Å². The van der Waals surface area contributed by atoms with Gasteiger partial charge in [0.05, 0.1) is 6.61 Å². The molecule has 1 unspecified atom stereocenters. The maximum Gasteiger partial charge on any atom is 0.192 e. The molecule has 2 rings (SSSR count). The first-order valence-electron chi connectivity index (χ1n) is 8.51. The van der Waals surface area contributed by atoms with Crippen molar-refractivity contribution < 1.29 is 14.3 Å². The molecule has 1 heterocycles. The van der Waals surface area contributed by atoms with Crippen LogP contribution in [0.2, 0.25) is 18.1 Å². The van der Waals surface area contributed by atoms with Crippen molar-refractivity contribution in [2.24, 2.45) is 0 Å². The highest BCUT2D eigenvalue weighted by atomic mass is 28.4. The maximum absolute atomic E-state index is 10.6. The quantitative estimate of drug-likeness (QED) is 0.507. The maximum atomic E-state index is 10.6. The highest BCUT2D eigenvalue weighted by Gasteiger charge is 2.53. The second-order valence-corrected chi connectivity index (χ2v) is 13.3. The Morgan fingerprint density at radius 2 is 1.79 bits per heavy atom. The molecular formula is C20H30O3Si. The fourth-order valence-corrected chi connectivity index (χ4v) is 3.15. The number of epoxide rings is 1. The van der Waals surface area contributed by atoms with Gasteiger partial charge in [-0.15, -0.1) is 0 Å². The van der Waals surface area contributed by atoms with Gasteiger partial charge in [-0.2, -0.15) is 0 Å². The van der Waals surface area contributed by atoms with Gasteiger partial charge in [0.1, 0.15) is 11.7 Å². The SMILES string of the molecule is CC(O)(C#C[C@]1(C)O[C@@H]1CO[Si](C)(C)C(C)(C)C)c1ccccc1. The molecule has 132 valence electrons. The molecule has 0 amide bonds. The Morgan fingerprint density at radius 1 is 1.21 bits per heavy atom. The van der Waals surface area contributed by atoms with Crippen molar-refractivity contribution in [3.63, 3.8) is 0 Å². The van der Waals surface area contributed by atoms with Gasteiger partial charge in [-0.25, -0.2) is 0 Å². The van der Waals surface area contributed by atoms with E-state index in [9.17, 15) is 5.11 Å². The van der Waals surface area contributed by atoms with E-state index in [1.54, 1.807) is 6.92 Å². The predicted octanol–water partition coefficient (Wildman–Crippen LogP) is 4.08. The molecule has 24 heavy (non-hydrogen) atoms. The first kappa shape index (κ1) is 19.2. The minimum atomic E-state index is -1.78. The van der Waals surface area contributed by atoms with Crippen molar-refractivity contribution in [2.45, 2.75) is 70.1 Å². The fourth-order valence-electron chi connectivity index (χ4n) is 2.15. The van der Waals surface area contributed by atoms with Crippen molar-refractivity contribution >= 4 is 8.32 Å². The molecule has 1 fully saturated rings. The van der Waals surface area contributed by atoms with Gasteiger partial charge in [-0.05, 0) is 37.5 Å². The minimum Gasteiger partial charge on any atom is -0.414 e. The third kappa shape index (κ3) is 4.28. The van der Waals surface area contributed by atoms with Gasteiger partial charge in [0.2, 0.25) is 0 Å². The van der Waals surface area contributed by atoms with E-state index >= 15 is 0 Å². The monoisotopic (exact) mass is 346 g/mol. The van der Waals surface area contributed by atoms with Crippen LogP contribution in [0.1, 0.15) is 40.2 Å². The molecule has 4 heteroatoms. The largest absolute Gasteiger partial charge is 0.414 e. The van der Waals surface area contributed by atoms with Crippen molar-refractivity contribution in [1.82, 2.24) is 0 Å². The summed E-state index contributed by atoms with van der Waals surface area (Å²) in [7, 11) is -1.78. The zero-order valence-corrected chi connectivity index (χ0v) is 16.9. The molecule has 3 nitrogen and oxygen atoms in total. The highest BCUT2D eigenvalue weighted by molar-refractivity contribution is 6.74. The van der Waals surface area contributed by atoms with Gasteiger partial charge in [-0.3, -0.25) is 0 Å². The molecule has 1 aliphatic rings. The summed E-state index contributed by atoms with van der Waals surface area (Å²) in [5.41, 5.74) is -0.918. The number of hydrogen-bond donors (Lipinski definition) is 1. The molecule has 1 aromatic rings. The van der Waals surface area contributed by atoms with E-state index in [1.165, 1.54) is 0 Å². The first-order chi connectivity index (χ1) is 10.9. The summed E-state index contributed by atoms with van der Waals surface area (Å²) in [4.78, 5) is 0. The molecule has 3 atom stereocenters. The average Bonchev–Trinajstić information content (AvgIpc) is 3.14. The Bertz CT molecular complexity index is 634. The van der Waals surface area contributed by atoms with Crippen LogP contribution in [0.15, 0.2) is 30.3 Å². The zero-order chi connectivity index (χ0) is 18.2. The van der Waals surface area contributed by atoms with E-state index in [4.69, 9.17) is 9.16 Å². The summed E-state index contributed by atoms with van der Waals surface area (Å²) in [5, 5.41) is 10.8. The minimum absolute atomic E-state index is 0.0225. The number of ether oxygens (including phenoxy) is 1. The summed E-state index contributed by atoms with van der Waals surface area (Å²) in [6, 6.07) is 9.48. The Kier molecular flexibility index (Phi) is 5.05. The average molecular weight is 347 g/mol. The molecule has 1 N–H and O–H groups in total. The second-order valence-electron chi connectivity index (χ2n) is 8.47. The van der Waals surface area contributed by atoms with Gasteiger partial charge in [0, 0.05) is 0 Å². The van der Waals surface area contributed by atoms with Crippen LogP contribution in [0, 0.1) is 11.8 Å². The molecule has 0 bridgehead atoms. The van der Waals surface area contributed by atoms with Gasteiger partial charge < -0.3 is 14.3 Å². The van der Waals surface area contributed by atoms with E-state index < -0.39 is 19.5 Å². The van der Waals surface area contributed by atoms with Crippen molar-refractivity contribution in [3.05, 3.63) is 35.9 Å². The normalized spacial score (nSPS) is 26.2. The lowest BCUT2D eigenvalue weighted by Crippen LogP contribution is -2.42.